The maximum Gasteiger partial charge on any atom is 0.472 e. The summed E-state index contributed by atoms with van der Waals surface area (Å²) in [5, 5.41) is 15.5. The van der Waals surface area contributed by atoms with Crippen molar-refractivity contribution < 1.29 is 38.0 Å². The molecule has 0 heterocycles. The van der Waals surface area contributed by atoms with Gasteiger partial charge in [-0.05, 0) is 44.8 Å². The molecule has 0 radical (unpaired) electrons. The number of hydrogen-bond acceptors (Lipinski definition) is 8. The Morgan fingerprint density at radius 3 is 2.48 bits per heavy atom. The number of aliphatic hydroxyl groups is 1. The second-order valence-electron chi connectivity index (χ2n) is 9.00. The van der Waals surface area contributed by atoms with Crippen molar-refractivity contribution in [1.29, 1.82) is 0 Å². The van der Waals surface area contributed by atoms with Crippen LogP contribution in [0.1, 0.15) is 53.4 Å². The topological polar surface area (TPSA) is 151 Å². The third-order valence-electron chi connectivity index (χ3n) is 5.57. The number of phosphoric ester groups is 1. The molecule has 4 N–H and O–H groups in total. The molecule has 0 aromatic heterocycles. The normalized spacial score (nSPS) is 21.3. The van der Waals surface area contributed by atoms with E-state index in [-0.39, 0.29) is 43.8 Å². The van der Waals surface area contributed by atoms with Gasteiger partial charge in [0.05, 0.1) is 13.2 Å². The number of carbonyl (C=O) groups excluding carboxylic acids is 3. The van der Waals surface area contributed by atoms with Gasteiger partial charge >= 0.3 is 7.82 Å². The number of rotatable bonds is 16. The molecule has 1 aliphatic rings. The molecular weight excluding hydrogens is 471 g/mol. The maximum absolute atomic E-state index is 12.2. The molecule has 2 amide bonds. The molecule has 0 aliphatic heterocycles. The number of phosphoric acid groups is 1. The van der Waals surface area contributed by atoms with Crippen LogP contribution in [0.3, 0.4) is 0 Å². The molecule has 10 nitrogen and oxygen atoms in total. The Kier molecular flexibility index (Phi) is 13.1. The summed E-state index contributed by atoms with van der Waals surface area (Å²) in [6.45, 7) is 6.42. The highest BCUT2D eigenvalue weighted by atomic mass is 32.2. The van der Waals surface area contributed by atoms with Gasteiger partial charge in [0, 0.05) is 36.6 Å². The number of amides is 2. The number of carbonyl (C=O) groups is 3. The summed E-state index contributed by atoms with van der Waals surface area (Å²) in [5.74, 6) is 1.93. The molecule has 0 aromatic rings. The lowest BCUT2D eigenvalue weighted by atomic mass is 9.87. The van der Waals surface area contributed by atoms with Gasteiger partial charge in [0.25, 0.3) is 0 Å². The number of ketones is 1. The summed E-state index contributed by atoms with van der Waals surface area (Å²) in [6.07, 6.45) is 1.60. The average molecular weight is 511 g/mol. The van der Waals surface area contributed by atoms with Gasteiger partial charge in [-0.15, -0.1) is 0 Å². The predicted molar refractivity (Wildman–Crippen MR) is 127 cm³/mol. The second kappa shape index (κ2) is 14.4. The van der Waals surface area contributed by atoms with E-state index in [1.165, 1.54) is 20.8 Å². The first-order valence-electron chi connectivity index (χ1n) is 11.3. The molecule has 3 unspecified atom stereocenters. The molecule has 0 bridgehead atoms. The highest BCUT2D eigenvalue weighted by molar-refractivity contribution is 7.99. The number of Topliss-reactive ketones (excluding diaryl/α,β-unsaturated/α-hetero) is 1. The quantitative estimate of drug-likeness (QED) is 0.180. The SMILES string of the molecule is CCOP(=O)(O)OCC(C)(C)[C@@H](O)C(=O)NCCC(=O)NCCSCC1CCC(C(C)=O)C1. The minimum Gasteiger partial charge on any atom is -0.383 e. The summed E-state index contributed by atoms with van der Waals surface area (Å²) >= 11 is 1.76. The Balaban J connectivity index is 2.18. The van der Waals surface area contributed by atoms with Crippen molar-refractivity contribution in [3.8, 4) is 0 Å². The summed E-state index contributed by atoms with van der Waals surface area (Å²) in [7, 11) is -4.23. The zero-order valence-electron chi connectivity index (χ0n) is 20.0. The third kappa shape index (κ3) is 11.8. The van der Waals surface area contributed by atoms with Crippen LogP contribution < -0.4 is 10.6 Å². The average Bonchev–Trinajstić information content (AvgIpc) is 3.21. The molecule has 4 atom stereocenters. The number of hydrogen-bond donors (Lipinski definition) is 4. The van der Waals surface area contributed by atoms with Crippen molar-refractivity contribution in [2.45, 2.75) is 59.5 Å². The molecule has 0 aromatic carbocycles. The summed E-state index contributed by atoms with van der Waals surface area (Å²) in [5.41, 5.74) is -1.15. The fourth-order valence-corrected chi connectivity index (χ4v) is 5.42. The first-order valence-corrected chi connectivity index (χ1v) is 14.0. The number of nitrogens with one attached hydrogen (secondary N) is 2. The molecule has 1 saturated carbocycles. The minimum atomic E-state index is -4.23. The molecule has 33 heavy (non-hydrogen) atoms. The van der Waals surface area contributed by atoms with Crippen molar-refractivity contribution in [3.05, 3.63) is 0 Å². The van der Waals surface area contributed by atoms with Crippen LogP contribution in [0.5, 0.6) is 0 Å². The Morgan fingerprint density at radius 2 is 1.88 bits per heavy atom. The Hall–Kier alpha value is -0.970. The summed E-state index contributed by atoms with van der Waals surface area (Å²) < 4.78 is 21.0. The highest BCUT2D eigenvalue weighted by Crippen LogP contribution is 2.44. The molecular formula is C21H39N2O8PS. The van der Waals surface area contributed by atoms with Crippen molar-refractivity contribution in [2.24, 2.45) is 17.3 Å². The number of thioether (sulfide) groups is 1. The fourth-order valence-electron chi connectivity index (χ4n) is 3.47. The fraction of sp³-hybridized carbons (Fsp3) is 0.857. The van der Waals surface area contributed by atoms with E-state index < -0.39 is 25.2 Å². The Labute approximate surface area is 200 Å². The molecule has 0 spiro atoms. The monoisotopic (exact) mass is 510 g/mol. The lowest BCUT2D eigenvalue weighted by Gasteiger charge is -2.29. The Bertz CT molecular complexity index is 706. The van der Waals surface area contributed by atoms with Gasteiger partial charge in [-0.3, -0.25) is 23.4 Å². The van der Waals surface area contributed by atoms with Crippen LogP contribution in [-0.4, -0.2) is 71.5 Å². The van der Waals surface area contributed by atoms with Crippen LogP contribution >= 0.6 is 19.6 Å². The van der Waals surface area contributed by atoms with Crippen LogP contribution in [0.4, 0.5) is 0 Å². The largest absolute Gasteiger partial charge is 0.472 e. The third-order valence-corrected chi connectivity index (χ3v) is 7.81. The summed E-state index contributed by atoms with van der Waals surface area (Å²) in [4.78, 5) is 45.0. The van der Waals surface area contributed by atoms with Crippen LogP contribution in [0.25, 0.3) is 0 Å². The van der Waals surface area contributed by atoms with E-state index in [9.17, 15) is 28.9 Å². The van der Waals surface area contributed by atoms with Crippen LogP contribution in [0.2, 0.25) is 0 Å². The first-order chi connectivity index (χ1) is 15.4. The van der Waals surface area contributed by atoms with E-state index in [2.05, 4.69) is 15.2 Å². The smallest absolute Gasteiger partial charge is 0.383 e. The molecule has 12 heteroatoms. The second-order valence-corrected chi connectivity index (χ2v) is 11.6. The standard InChI is InChI=1S/C21H39N2O8PS/c1-5-30-32(28,29)31-14-21(3,4)19(26)20(27)23-9-8-18(25)22-10-11-33-13-16-6-7-17(12-16)15(2)24/h16-17,19,26H,5-14H2,1-4H3,(H,22,25)(H,23,27)(H,28,29)/t16?,17?,19-/m0/s1. The molecule has 192 valence electrons. The van der Waals surface area contributed by atoms with Crippen molar-refractivity contribution in [3.63, 3.8) is 0 Å². The van der Waals surface area contributed by atoms with E-state index in [4.69, 9.17) is 4.52 Å². The van der Waals surface area contributed by atoms with E-state index in [0.29, 0.717) is 12.5 Å². The predicted octanol–water partition coefficient (Wildman–Crippen LogP) is 1.89. The van der Waals surface area contributed by atoms with Gasteiger partial charge in [0.1, 0.15) is 11.9 Å². The lowest BCUT2D eigenvalue weighted by molar-refractivity contribution is -0.137. The van der Waals surface area contributed by atoms with E-state index in [1.807, 2.05) is 0 Å². The molecule has 1 aliphatic carbocycles. The van der Waals surface area contributed by atoms with Crippen molar-refractivity contribution in [2.75, 3.05) is 37.8 Å². The zero-order valence-corrected chi connectivity index (χ0v) is 21.7. The molecule has 1 rings (SSSR count). The molecule has 1 fully saturated rings. The van der Waals surface area contributed by atoms with E-state index in [1.54, 1.807) is 18.7 Å². The summed E-state index contributed by atoms with van der Waals surface area (Å²) in [6, 6.07) is 0. The molecule has 0 saturated heterocycles. The lowest BCUT2D eigenvalue weighted by Crippen LogP contribution is -2.46. The maximum atomic E-state index is 12.2. The van der Waals surface area contributed by atoms with Gasteiger partial charge in [0.15, 0.2) is 0 Å². The van der Waals surface area contributed by atoms with Gasteiger partial charge < -0.3 is 20.6 Å². The van der Waals surface area contributed by atoms with Gasteiger partial charge in [-0.25, -0.2) is 4.57 Å². The van der Waals surface area contributed by atoms with Gasteiger partial charge in [0.2, 0.25) is 11.8 Å². The van der Waals surface area contributed by atoms with Crippen molar-refractivity contribution >= 4 is 37.2 Å². The minimum absolute atomic E-state index is 0.0138. The first kappa shape index (κ1) is 30.1. The van der Waals surface area contributed by atoms with Crippen LogP contribution in [-0.2, 0) is 28.0 Å². The van der Waals surface area contributed by atoms with Crippen LogP contribution in [0.15, 0.2) is 0 Å². The Morgan fingerprint density at radius 1 is 1.18 bits per heavy atom. The van der Waals surface area contributed by atoms with Gasteiger partial charge in [-0.1, -0.05) is 13.8 Å². The van der Waals surface area contributed by atoms with Crippen molar-refractivity contribution in [1.82, 2.24) is 10.6 Å². The van der Waals surface area contributed by atoms with Crippen LogP contribution in [0, 0.1) is 17.3 Å². The van der Waals surface area contributed by atoms with E-state index >= 15 is 0 Å². The number of aliphatic hydroxyl groups excluding tert-OH is 1. The van der Waals surface area contributed by atoms with E-state index in [0.717, 1.165) is 30.8 Å². The zero-order chi connectivity index (χ0) is 25.1. The van der Waals surface area contributed by atoms with Gasteiger partial charge in [-0.2, -0.15) is 11.8 Å². The highest BCUT2D eigenvalue weighted by Gasteiger charge is 2.36.